The number of carbonyl (C=O) groups excluding carboxylic acids is 3. The minimum Gasteiger partial charge on any atom is -0.355 e. The third kappa shape index (κ3) is 4.57. The Morgan fingerprint density at radius 2 is 1.63 bits per heavy atom. The maximum absolute atomic E-state index is 12.4. The highest BCUT2D eigenvalue weighted by Crippen LogP contribution is 2.24. The van der Waals surface area contributed by atoms with Gasteiger partial charge in [0.15, 0.2) is 0 Å². The van der Waals surface area contributed by atoms with Crippen LogP contribution < -0.4 is 5.32 Å². The van der Waals surface area contributed by atoms with Crippen LogP contribution in [-0.2, 0) is 4.79 Å². The Balaban J connectivity index is 1.42. The van der Waals surface area contributed by atoms with Crippen molar-refractivity contribution in [3.63, 3.8) is 0 Å². The topological polar surface area (TPSA) is 66.5 Å². The van der Waals surface area contributed by atoms with Gasteiger partial charge in [0.25, 0.3) is 11.8 Å². The molecule has 2 aromatic rings. The van der Waals surface area contributed by atoms with Gasteiger partial charge in [-0.05, 0) is 38.1 Å². The molecule has 1 heterocycles. The van der Waals surface area contributed by atoms with E-state index in [4.69, 9.17) is 0 Å². The van der Waals surface area contributed by atoms with E-state index in [1.165, 1.54) is 5.56 Å². The number of carbonyl (C=O) groups is 3. The maximum Gasteiger partial charge on any atom is 0.261 e. The van der Waals surface area contributed by atoms with Gasteiger partial charge in [-0.25, -0.2) is 0 Å². The lowest BCUT2D eigenvalue weighted by Crippen LogP contribution is -2.35. The number of nitrogens with zero attached hydrogens (tertiary/aromatic N) is 1. The fourth-order valence-electron chi connectivity index (χ4n) is 2.90. The highest BCUT2D eigenvalue weighted by Gasteiger charge is 2.35. The van der Waals surface area contributed by atoms with E-state index in [1.54, 1.807) is 23.9 Å². The van der Waals surface area contributed by atoms with E-state index in [0.717, 1.165) is 21.1 Å². The molecule has 0 radical (unpaired) electrons. The molecule has 0 atom stereocenters. The van der Waals surface area contributed by atoms with Crippen molar-refractivity contribution in [2.24, 2.45) is 0 Å². The predicted octanol–water partition coefficient (Wildman–Crippen LogP) is 3.20. The van der Waals surface area contributed by atoms with Gasteiger partial charge in [0, 0.05) is 30.2 Å². The maximum atomic E-state index is 12.4. The van der Waals surface area contributed by atoms with E-state index in [9.17, 15) is 14.4 Å². The second-order valence-electron chi connectivity index (χ2n) is 6.57. The minimum absolute atomic E-state index is 0.0995. The van der Waals surface area contributed by atoms with Crippen LogP contribution in [0.5, 0.6) is 0 Å². The van der Waals surface area contributed by atoms with Crippen molar-refractivity contribution in [2.75, 3.05) is 18.8 Å². The molecule has 2 aromatic carbocycles. The second kappa shape index (κ2) is 8.39. The average Bonchev–Trinajstić information content (AvgIpc) is 2.88. The van der Waals surface area contributed by atoms with Crippen molar-refractivity contribution >= 4 is 29.5 Å². The lowest BCUT2D eigenvalue weighted by Gasteiger charge is -2.13. The van der Waals surface area contributed by atoms with E-state index in [0.29, 0.717) is 17.7 Å². The largest absolute Gasteiger partial charge is 0.355 e. The Bertz CT molecular complexity index is 877. The smallest absolute Gasteiger partial charge is 0.261 e. The van der Waals surface area contributed by atoms with Crippen molar-refractivity contribution in [2.45, 2.75) is 25.2 Å². The molecule has 6 heteroatoms. The average molecular weight is 382 g/mol. The van der Waals surface area contributed by atoms with Gasteiger partial charge < -0.3 is 5.32 Å². The summed E-state index contributed by atoms with van der Waals surface area (Å²) in [6.07, 6.45) is 0.111. The molecule has 0 unspecified atom stereocenters. The van der Waals surface area contributed by atoms with E-state index >= 15 is 0 Å². The van der Waals surface area contributed by atoms with Crippen molar-refractivity contribution in [1.82, 2.24) is 10.2 Å². The summed E-state index contributed by atoms with van der Waals surface area (Å²) in [4.78, 5) is 39.1. The second-order valence-corrected chi connectivity index (χ2v) is 7.74. The summed E-state index contributed by atoms with van der Waals surface area (Å²) >= 11 is 1.67. The summed E-state index contributed by atoms with van der Waals surface area (Å²) in [6, 6.07) is 13.4. The molecule has 0 saturated heterocycles. The third-order valence-corrected chi connectivity index (χ3v) is 5.42. The predicted molar refractivity (Wildman–Crippen MR) is 106 cm³/mol. The lowest BCUT2D eigenvalue weighted by molar-refractivity contribution is -0.121. The number of benzene rings is 2. The Kier molecular flexibility index (Phi) is 5.96. The van der Waals surface area contributed by atoms with Crippen molar-refractivity contribution in [1.29, 1.82) is 0 Å². The molecule has 1 aliphatic rings. The highest BCUT2D eigenvalue weighted by atomic mass is 32.2. The van der Waals surface area contributed by atoms with Crippen LogP contribution in [0.4, 0.5) is 0 Å². The van der Waals surface area contributed by atoms with E-state index in [-0.39, 0.29) is 30.7 Å². The van der Waals surface area contributed by atoms with Crippen LogP contribution >= 0.6 is 11.8 Å². The van der Waals surface area contributed by atoms with Crippen LogP contribution in [-0.4, -0.2) is 41.5 Å². The summed E-state index contributed by atoms with van der Waals surface area (Å²) in [5, 5.41) is 2.84. The molecule has 3 rings (SSSR count). The molecular formula is C21H22N2O3S. The zero-order chi connectivity index (χ0) is 19.4. The lowest BCUT2D eigenvalue weighted by atomic mass is 10.1. The first kappa shape index (κ1) is 19.2. The molecule has 1 aliphatic heterocycles. The molecule has 0 fully saturated rings. The number of fused-ring (bicyclic) bond motifs is 1. The standard InChI is InChI=1S/C21H22N2O3S/c1-14-3-6-16(7-4-14)27-12-10-22-19(24)9-11-23-20(25)17-8-5-15(2)13-18(17)21(23)26/h3-8,13H,9-12H2,1-2H3,(H,22,24). The quantitative estimate of drug-likeness (QED) is 0.454. The number of nitrogens with one attached hydrogen (secondary N) is 1. The first-order chi connectivity index (χ1) is 13.0. The van der Waals surface area contributed by atoms with Gasteiger partial charge in [-0.3, -0.25) is 19.3 Å². The highest BCUT2D eigenvalue weighted by molar-refractivity contribution is 7.99. The van der Waals surface area contributed by atoms with Crippen LogP contribution in [0, 0.1) is 13.8 Å². The van der Waals surface area contributed by atoms with Crippen LogP contribution in [0.1, 0.15) is 38.3 Å². The number of rotatable bonds is 7. The normalized spacial score (nSPS) is 13.0. The van der Waals surface area contributed by atoms with Gasteiger partial charge in [0.2, 0.25) is 5.91 Å². The van der Waals surface area contributed by atoms with Crippen LogP contribution in [0.15, 0.2) is 47.4 Å². The summed E-state index contributed by atoms with van der Waals surface area (Å²) < 4.78 is 0. The zero-order valence-corrected chi connectivity index (χ0v) is 16.3. The molecule has 5 nitrogen and oxygen atoms in total. The van der Waals surface area contributed by atoms with Crippen molar-refractivity contribution in [3.8, 4) is 0 Å². The van der Waals surface area contributed by atoms with E-state index in [2.05, 4.69) is 29.6 Å². The summed E-state index contributed by atoms with van der Waals surface area (Å²) in [5.41, 5.74) is 2.99. The molecule has 3 amide bonds. The van der Waals surface area contributed by atoms with E-state index in [1.807, 2.05) is 19.9 Å². The number of aryl methyl sites for hydroxylation is 2. The van der Waals surface area contributed by atoms with Crippen molar-refractivity contribution in [3.05, 3.63) is 64.7 Å². The minimum atomic E-state index is -0.322. The van der Waals surface area contributed by atoms with Gasteiger partial charge in [0.1, 0.15) is 0 Å². The van der Waals surface area contributed by atoms with Crippen LogP contribution in [0.3, 0.4) is 0 Å². The molecule has 27 heavy (non-hydrogen) atoms. The Hall–Kier alpha value is -2.60. The third-order valence-electron chi connectivity index (χ3n) is 4.40. The number of imide groups is 1. The first-order valence-electron chi connectivity index (χ1n) is 8.89. The SMILES string of the molecule is Cc1ccc(SCCNC(=O)CCN2C(=O)c3ccc(C)cc3C2=O)cc1. The van der Waals surface area contributed by atoms with Crippen molar-refractivity contribution < 1.29 is 14.4 Å². The number of hydrogen-bond donors (Lipinski definition) is 1. The molecule has 1 N–H and O–H groups in total. The van der Waals surface area contributed by atoms with Crippen LogP contribution in [0.25, 0.3) is 0 Å². The number of amides is 3. The molecule has 0 spiro atoms. The molecule has 140 valence electrons. The fourth-order valence-corrected chi connectivity index (χ4v) is 3.67. The number of hydrogen-bond acceptors (Lipinski definition) is 4. The summed E-state index contributed by atoms with van der Waals surface area (Å²) in [5.74, 6) is -0.0347. The Morgan fingerprint density at radius 1 is 0.963 bits per heavy atom. The molecule has 0 aliphatic carbocycles. The molecule has 0 saturated carbocycles. The molecule has 0 aromatic heterocycles. The first-order valence-corrected chi connectivity index (χ1v) is 9.87. The van der Waals surface area contributed by atoms with Gasteiger partial charge >= 0.3 is 0 Å². The Morgan fingerprint density at radius 3 is 2.37 bits per heavy atom. The Labute approximate surface area is 163 Å². The van der Waals surface area contributed by atoms with Gasteiger partial charge in [-0.1, -0.05) is 29.3 Å². The van der Waals surface area contributed by atoms with Gasteiger partial charge in [0.05, 0.1) is 11.1 Å². The summed E-state index contributed by atoms with van der Waals surface area (Å²) in [7, 11) is 0. The zero-order valence-electron chi connectivity index (χ0n) is 15.5. The number of thioether (sulfide) groups is 1. The van der Waals surface area contributed by atoms with Gasteiger partial charge in [-0.15, -0.1) is 11.8 Å². The fraction of sp³-hybridized carbons (Fsp3) is 0.286. The molecular weight excluding hydrogens is 360 g/mol. The monoisotopic (exact) mass is 382 g/mol. The molecule has 0 bridgehead atoms. The van der Waals surface area contributed by atoms with Crippen LogP contribution in [0.2, 0.25) is 0 Å². The van der Waals surface area contributed by atoms with E-state index < -0.39 is 0 Å². The summed E-state index contributed by atoms with van der Waals surface area (Å²) in [6.45, 7) is 4.56. The van der Waals surface area contributed by atoms with Gasteiger partial charge in [-0.2, -0.15) is 0 Å².